The Hall–Kier alpha value is -2.46. The summed E-state index contributed by atoms with van der Waals surface area (Å²) in [4.78, 5) is 11.7. The van der Waals surface area contributed by atoms with Gasteiger partial charge in [-0.25, -0.2) is 39.0 Å². The second kappa shape index (κ2) is 10.7. The number of amides is 1. The van der Waals surface area contributed by atoms with Crippen molar-refractivity contribution in [1.82, 2.24) is 13.6 Å². The maximum atomic E-state index is 15.0. The van der Waals surface area contributed by atoms with Crippen LogP contribution in [0.15, 0.2) is 29.3 Å². The minimum atomic E-state index is -4.46. The lowest BCUT2D eigenvalue weighted by Gasteiger charge is -2.17. The van der Waals surface area contributed by atoms with Gasteiger partial charge in [0, 0.05) is 57.8 Å². The van der Waals surface area contributed by atoms with Crippen LogP contribution in [0.1, 0.15) is 23.3 Å². The van der Waals surface area contributed by atoms with Crippen LogP contribution in [0.25, 0.3) is 0 Å². The van der Waals surface area contributed by atoms with Crippen molar-refractivity contribution in [2.24, 2.45) is 7.05 Å². The van der Waals surface area contributed by atoms with Gasteiger partial charge in [0.1, 0.15) is 10.6 Å². The molecule has 1 aliphatic rings. The van der Waals surface area contributed by atoms with E-state index in [-0.39, 0.29) is 44.0 Å². The summed E-state index contributed by atoms with van der Waals surface area (Å²) in [7, 11) is -5.37. The maximum Gasteiger partial charge on any atom is 0.275 e. The number of carbonyl (C=O) groups excluding carboxylic acids is 1. The van der Waals surface area contributed by atoms with Gasteiger partial charge in [-0.05, 0) is 25.0 Å². The molecule has 3 rings (SSSR count). The molecule has 0 unspecified atom stereocenters. The van der Waals surface area contributed by atoms with Crippen molar-refractivity contribution in [1.29, 1.82) is 0 Å². The number of hydrogen-bond acceptors (Lipinski definition) is 6. The molecule has 2 aromatic rings. The molecule has 1 atom stereocenters. The van der Waals surface area contributed by atoms with Crippen molar-refractivity contribution in [3.8, 4) is 0 Å². The molecular formula is C20H25F3N4O6S2. The Morgan fingerprint density at radius 1 is 1.17 bits per heavy atom. The summed E-state index contributed by atoms with van der Waals surface area (Å²) in [6, 6.07) is 1.74. The lowest BCUT2D eigenvalue weighted by atomic mass is 10.3. The van der Waals surface area contributed by atoms with Crippen LogP contribution in [0, 0.1) is 17.5 Å². The second-order valence-electron chi connectivity index (χ2n) is 7.98. The van der Waals surface area contributed by atoms with Gasteiger partial charge < -0.3 is 14.6 Å². The van der Waals surface area contributed by atoms with Crippen molar-refractivity contribution in [2.45, 2.75) is 23.8 Å². The monoisotopic (exact) mass is 538 g/mol. The van der Waals surface area contributed by atoms with Crippen LogP contribution in [-0.2, 0) is 31.8 Å². The number of ether oxygens (including phenoxy) is 1. The van der Waals surface area contributed by atoms with Gasteiger partial charge in [0.25, 0.3) is 5.91 Å². The summed E-state index contributed by atoms with van der Waals surface area (Å²) in [6.45, 7) is 0.247. The zero-order valence-corrected chi connectivity index (χ0v) is 20.6. The summed E-state index contributed by atoms with van der Waals surface area (Å²) in [6.07, 6.45) is 1.36. The Morgan fingerprint density at radius 2 is 1.89 bits per heavy atom. The predicted molar refractivity (Wildman–Crippen MR) is 120 cm³/mol. The maximum absolute atomic E-state index is 15.0. The fraction of sp³-hybridized carbons (Fsp3) is 0.450. The highest BCUT2D eigenvalue weighted by Gasteiger charge is 2.35. The number of aromatic nitrogens is 1. The molecule has 0 spiro atoms. The molecule has 10 nitrogen and oxygen atoms in total. The van der Waals surface area contributed by atoms with E-state index in [9.17, 15) is 30.4 Å². The van der Waals surface area contributed by atoms with Crippen molar-refractivity contribution >= 4 is 31.6 Å². The molecule has 0 aliphatic carbocycles. The lowest BCUT2D eigenvalue weighted by molar-refractivity contribution is 0.101. The normalized spacial score (nSPS) is 17.1. The number of nitrogens with one attached hydrogen (secondary N) is 2. The van der Waals surface area contributed by atoms with Gasteiger partial charge in [0.15, 0.2) is 17.5 Å². The van der Waals surface area contributed by atoms with Crippen molar-refractivity contribution in [3.05, 3.63) is 47.5 Å². The summed E-state index contributed by atoms with van der Waals surface area (Å²) in [5, 5.41) is 2.19. The highest BCUT2D eigenvalue weighted by Crippen LogP contribution is 2.24. The smallest absolute Gasteiger partial charge is 0.275 e. The Labute approximate surface area is 201 Å². The molecule has 194 valence electrons. The molecule has 0 bridgehead atoms. The fourth-order valence-electron chi connectivity index (χ4n) is 3.65. The Balaban J connectivity index is 1.72. The van der Waals surface area contributed by atoms with Crippen LogP contribution in [0.2, 0.25) is 0 Å². The van der Waals surface area contributed by atoms with Crippen LogP contribution in [0.3, 0.4) is 0 Å². The van der Waals surface area contributed by atoms with Gasteiger partial charge in [-0.1, -0.05) is 0 Å². The first-order chi connectivity index (χ1) is 16.4. The number of methoxy groups -OCH3 is 1. The van der Waals surface area contributed by atoms with E-state index in [1.165, 1.54) is 14.2 Å². The van der Waals surface area contributed by atoms with E-state index in [4.69, 9.17) is 4.74 Å². The third kappa shape index (κ3) is 6.22. The van der Waals surface area contributed by atoms with E-state index in [0.717, 1.165) is 27.2 Å². The van der Waals surface area contributed by atoms with Crippen LogP contribution < -0.4 is 10.0 Å². The van der Waals surface area contributed by atoms with E-state index in [0.29, 0.717) is 6.07 Å². The Kier molecular flexibility index (Phi) is 8.26. The first-order valence-electron chi connectivity index (χ1n) is 10.5. The number of halogens is 3. The number of aryl methyl sites for hydroxylation is 1. The van der Waals surface area contributed by atoms with E-state index in [1.807, 2.05) is 0 Å². The van der Waals surface area contributed by atoms with Crippen LogP contribution in [0.5, 0.6) is 0 Å². The molecular weight excluding hydrogens is 513 g/mol. The molecule has 0 radical (unpaired) electrons. The number of benzene rings is 1. The molecule has 1 aromatic carbocycles. The number of carbonyl (C=O) groups is 1. The molecule has 1 fully saturated rings. The molecule has 0 saturated carbocycles. The number of rotatable bonds is 10. The lowest BCUT2D eigenvalue weighted by Crippen LogP contribution is -2.39. The molecule has 1 aliphatic heterocycles. The van der Waals surface area contributed by atoms with Crippen LogP contribution in [-0.4, -0.2) is 70.2 Å². The van der Waals surface area contributed by atoms with Crippen LogP contribution in [0.4, 0.5) is 18.9 Å². The molecule has 15 heteroatoms. The molecule has 2 heterocycles. The topological polar surface area (TPSA) is 127 Å². The third-order valence-electron chi connectivity index (χ3n) is 5.39. The summed E-state index contributed by atoms with van der Waals surface area (Å²) in [5.41, 5.74) is -0.807. The van der Waals surface area contributed by atoms with Crippen molar-refractivity contribution in [2.75, 3.05) is 37.9 Å². The third-order valence-corrected chi connectivity index (χ3v) is 8.82. The largest absolute Gasteiger partial charge is 0.385 e. The Morgan fingerprint density at radius 3 is 2.54 bits per heavy atom. The van der Waals surface area contributed by atoms with Crippen molar-refractivity contribution < 1.29 is 39.5 Å². The van der Waals surface area contributed by atoms with Gasteiger partial charge in [-0.2, -0.15) is 0 Å². The molecule has 1 saturated heterocycles. The van der Waals surface area contributed by atoms with E-state index >= 15 is 4.39 Å². The van der Waals surface area contributed by atoms with Gasteiger partial charge in [0.2, 0.25) is 20.0 Å². The Bertz CT molecular complexity index is 1310. The summed E-state index contributed by atoms with van der Waals surface area (Å²) in [5.74, 6) is -4.94. The van der Waals surface area contributed by atoms with E-state index in [1.54, 1.807) is 0 Å². The minimum absolute atomic E-state index is 0.0989. The average molecular weight is 539 g/mol. The van der Waals surface area contributed by atoms with Gasteiger partial charge in [0.05, 0.1) is 5.75 Å². The number of anilines is 1. The van der Waals surface area contributed by atoms with Crippen molar-refractivity contribution in [3.63, 3.8) is 0 Å². The minimum Gasteiger partial charge on any atom is -0.385 e. The standard InChI is InChI=1S/C20H25F3N4O6S2/c1-26-12-17(18(23)19(26)20(28)24-13-4-5-15(21)16(22)10-13)35(31,32)25-14-6-7-27(11-14)34(29,30)9-3-8-33-2/h4-5,10,12,14,25H,3,6-9,11H2,1-2H3,(H,24,28)/t14-/m1/s1. The SMILES string of the molecule is COCCCS(=O)(=O)N1CC[C@@H](NS(=O)(=O)c2cn(C)c(C(=O)Nc3ccc(F)c(F)c3)c2F)C1. The average Bonchev–Trinajstić information content (AvgIpc) is 3.35. The summed E-state index contributed by atoms with van der Waals surface area (Å²) < 4.78 is 101. The van der Waals surface area contributed by atoms with E-state index in [2.05, 4.69) is 10.0 Å². The van der Waals surface area contributed by atoms with Crippen LogP contribution >= 0.6 is 0 Å². The van der Waals surface area contributed by atoms with E-state index < -0.39 is 60.0 Å². The second-order valence-corrected chi connectivity index (χ2v) is 11.7. The predicted octanol–water partition coefficient (Wildman–Crippen LogP) is 1.41. The highest BCUT2D eigenvalue weighted by atomic mass is 32.2. The first kappa shape index (κ1) is 27.1. The highest BCUT2D eigenvalue weighted by molar-refractivity contribution is 7.89. The van der Waals surface area contributed by atoms with Gasteiger partial charge in [-0.3, -0.25) is 4.79 Å². The first-order valence-corrected chi connectivity index (χ1v) is 13.5. The zero-order chi connectivity index (χ0) is 26.0. The molecule has 35 heavy (non-hydrogen) atoms. The molecule has 1 aromatic heterocycles. The van der Waals surface area contributed by atoms with Gasteiger partial charge in [-0.15, -0.1) is 0 Å². The quantitative estimate of drug-likeness (QED) is 0.441. The fourth-order valence-corrected chi connectivity index (χ4v) is 6.57. The number of nitrogens with zero attached hydrogens (tertiary/aromatic N) is 2. The molecule has 1 amide bonds. The number of sulfonamides is 2. The summed E-state index contributed by atoms with van der Waals surface area (Å²) >= 11 is 0. The van der Waals surface area contributed by atoms with Gasteiger partial charge >= 0.3 is 0 Å². The molecule has 2 N–H and O–H groups in total. The zero-order valence-electron chi connectivity index (χ0n) is 18.9. The number of hydrogen-bond donors (Lipinski definition) is 2.